The Morgan fingerprint density at radius 3 is 2.21 bits per heavy atom. The molecule has 2 amide bonds. The van der Waals surface area contributed by atoms with Gasteiger partial charge in [0.05, 0.1) is 23.4 Å². The minimum absolute atomic E-state index is 0.00417. The van der Waals surface area contributed by atoms with E-state index in [4.69, 9.17) is 10.5 Å². The van der Waals surface area contributed by atoms with Crippen molar-refractivity contribution in [2.75, 3.05) is 19.3 Å². The van der Waals surface area contributed by atoms with Gasteiger partial charge in [0, 0.05) is 32.3 Å². The second-order valence-corrected chi connectivity index (χ2v) is 13.2. The molecule has 0 aromatic rings. The number of nitrogens with zero attached hydrogens (tertiary/aromatic N) is 2. The van der Waals surface area contributed by atoms with Gasteiger partial charge in [-0.2, -0.15) is 0 Å². The molecule has 0 radical (unpaired) electrons. The molecule has 188 valence electrons. The molecule has 2 heterocycles. The molecule has 0 spiro atoms. The molecule has 2 saturated carbocycles. The van der Waals surface area contributed by atoms with E-state index in [9.17, 15) is 18.0 Å². The molecule has 2 aliphatic heterocycles. The average molecular weight is 484 g/mol. The first-order valence-electron chi connectivity index (χ1n) is 12.7. The summed E-state index contributed by atoms with van der Waals surface area (Å²) in [5, 5.41) is -0.207. The Kier molecular flexibility index (Phi) is 7.41. The third-order valence-corrected chi connectivity index (χ3v) is 10.5. The molecule has 0 aromatic carbocycles. The van der Waals surface area contributed by atoms with Crippen LogP contribution in [0.2, 0.25) is 0 Å². The zero-order chi connectivity index (χ0) is 23.9. The van der Waals surface area contributed by atoms with Gasteiger partial charge in [-0.3, -0.25) is 9.59 Å². The Labute approximate surface area is 198 Å². The molecule has 2 saturated heterocycles. The number of ether oxygens (including phenoxy) is 1. The van der Waals surface area contributed by atoms with Gasteiger partial charge < -0.3 is 20.3 Å². The Hall–Kier alpha value is -1.19. The van der Waals surface area contributed by atoms with Crippen LogP contribution in [0.5, 0.6) is 0 Å². The highest BCUT2D eigenvalue weighted by Gasteiger charge is 2.49. The van der Waals surface area contributed by atoms with Crippen LogP contribution in [0.25, 0.3) is 0 Å². The maximum absolute atomic E-state index is 13.6. The van der Waals surface area contributed by atoms with Gasteiger partial charge >= 0.3 is 0 Å². The molecule has 5 unspecified atom stereocenters. The van der Waals surface area contributed by atoms with Crippen LogP contribution >= 0.6 is 0 Å². The highest BCUT2D eigenvalue weighted by molar-refractivity contribution is 7.91. The summed E-state index contributed by atoms with van der Waals surface area (Å²) >= 11 is 0. The first-order valence-corrected chi connectivity index (χ1v) is 14.7. The van der Waals surface area contributed by atoms with Gasteiger partial charge in [0.15, 0.2) is 0 Å². The lowest BCUT2D eigenvalue weighted by Gasteiger charge is -2.55. The third-order valence-electron chi connectivity index (χ3n) is 8.80. The molecule has 0 aromatic heterocycles. The summed E-state index contributed by atoms with van der Waals surface area (Å²) in [6.45, 7) is 4.65. The Balaban J connectivity index is 1.49. The fourth-order valence-electron chi connectivity index (χ4n) is 7.12. The molecule has 33 heavy (non-hydrogen) atoms. The van der Waals surface area contributed by atoms with Crippen LogP contribution < -0.4 is 5.73 Å². The van der Waals surface area contributed by atoms with Gasteiger partial charge in [0.2, 0.25) is 5.91 Å². The molecule has 4 rings (SSSR count). The minimum atomic E-state index is -2.98. The predicted molar refractivity (Wildman–Crippen MR) is 126 cm³/mol. The molecule has 0 bridgehead atoms. The van der Waals surface area contributed by atoms with Crippen molar-refractivity contribution in [1.82, 2.24) is 9.80 Å². The number of sulfone groups is 1. The van der Waals surface area contributed by atoms with Crippen LogP contribution in [-0.2, 0) is 24.2 Å². The highest BCUT2D eigenvalue weighted by atomic mass is 32.2. The van der Waals surface area contributed by atoms with E-state index in [1.54, 1.807) is 6.92 Å². The van der Waals surface area contributed by atoms with E-state index in [1.807, 2.05) is 16.7 Å². The van der Waals surface area contributed by atoms with Gasteiger partial charge in [0.25, 0.3) is 5.91 Å². The quantitative estimate of drug-likeness (QED) is 0.652. The lowest BCUT2D eigenvalue weighted by Crippen LogP contribution is -2.68. The average Bonchev–Trinajstić information content (AvgIpc) is 3.26. The number of fused-ring (bicyclic) bond motifs is 1. The van der Waals surface area contributed by atoms with E-state index in [0.717, 1.165) is 51.4 Å². The predicted octanol–water partition coefficient (Wildman–Crippen LogP) is 1.71. The molecule has 6 atom stereocenters. The molecule has 8 nitrogen and oxygen atoms in total. The Bertz CT molecular complexity index is 841. The fourth-order valence-corrected chi connectivity index (χ4v) is 8.24. The Morgan fingerprint density at radius 2 is 1.64 bits per heavy atom. The normalized spacial score (nSPS) is 39.9. The minimum Gasteiger partial charge on any atom is -0.364 e. The zero-order valence-electron chi connectivity index (χ0n) is 20.3. The first kappa shape index (κ1) is 24.9. The van der Waals surface area contributed by atoms with E-state index in [2.05, 4.69) is 0 Å². The van der Waals surface area contributed by atoms with Crippen molar-refractivity contribution in [2.45, 2.75) is 107 Å². The SMILES string of the molecule is CC(=O)N1C2CCC(C3CCC(S(C)(=O)=O)CC3)CC2N(C(=O)C2CCC(CN)O2)C[C@@H]1C. The van der Waals surface area contributed by atoms with Crippen LogP contribution in [0.3, 0.4) is 0 Å². The number of piperazine rings is 1. The first-order chi connectivity index (χ1) is 15.6. The number of carbonyl (C=O) groups excluding carboxylic acids is 2. The second-order valence-electron chi connectivity index (χ2n) is 10.9. The van der Waals surface area contributed by atoms with Crippen LogP contribution in [0.4, 0.5) is 0 Å². The van der Waals surface area contributed by atoms with Gasteiger partial charge in [-0.25, -0.2) is 8.42 Å². The summed E-state index contributed by atoms with van der Waals surface area (Å²) in [5.41, 5.74) is 5.76. The maximum atomic E-state index is 13.6. The monoisotopic (exact) mass is 483 g/mol. The summed E-state index contributed by atoms with van der Waals surface area (Å²) in [6, 6.07) is 0.0381. The number of rotatable bonds is 4. The van der Waals surface area contributed by atoms with Crippen molar-refractivity contribution < 1.29 is 22.7 Å². The van der Waals surface area contributed by atoms with Gasteiger partial charge in [-0.05, 0) is 76.5 Å². The van der Waals surface area contributed by atoms with E-state index in [-0.39, 0.29) is 41.3 Å². The van der Waals surface area contributed by atoms with Crippen molar-refractivity contribution in [3.63, 3.8) is 0 Å². The van der Waals surface area contributed by atoms with Crippen molar-refractivity contribution in [2.24, 2.45) is 17.6 Å². The van der Waals surface area contributed by atoms with Crippen LogP contribution in [0.1, 0.15) is 71.6 Å². The number of nitrogens with two attached hydrogens (primary N) is 1. The number of hydrogen-bond donors (Lipinski definition) is 1. The number of amides is 2. The topological polar surface area (TPSA) is 110 Å². The summed E-state index contributed by atoms with van der Waals surface area (Å²) in [4.78, 5) is 30.1. The summed E-state index contributed by atoms with van der Waals surface area (Å²) < 4.78 is 29.9. The fraction of sp³-hybridized carbons (Fsp3) is 0.917. The molecule has 4 aliphatic rings. The number of carbonyl (C=O) groups is 2. The molecule has 9 heteroatoms. The van der Waals surface area contributed by atoms with Crippen LogP contribution in [0.15, 0.2) is 0 Å². The highest BCUT2D eigenvalue weighted by Crippen LogP contribution is 2.44. The maximum Gasteiger partial charge on any atom is 0.252 e. The van der Waals surface area contributed by atoms with Gasteiger partial charge in [-0.1, -0.05) is 0 Å². The summed E-state index contributed by atoms with van der Waals surface area (Å²) in [5.74, 6) is 1.09. The molecular weight excluding hydrogens is 442 g/mol. The molecule has 2 N–H and O–H groups in total. The molecule has 4 fully saturated rings. The lowest BCUT2D eigenvalue weighted by molar-refractivity contribution is -0.161. The smallest absolute Gasteiger partial charge is 0.252 e. The number of hydrogen-bond acceptors (Lipinski definition) is 6. The van der Waals surface area contributed by atoms with E-state index in [1.165, 1.54) is 6.26 Å². The van der Waals surface area contributed by atoms with Gasteiger partial charge in [0.1, 0.15) is 15.9 Å². The summed E-state index contributed by atoms with van der Waals surface area (Å²) in [6.07, 6.45) is 8.56. The largest absolute Gasteiger partial charge is 0.364 e. The van der Waals surface area contributed by atoms with Crippen molar-refractivity contribution in [1.29, 1.82) is 0 Å². The van der Waals surface area contributed by atoms with Crippen LogP contribution in [0, 0.1) is 11.8 Å². The molecule has 2 aliphatic carbocycles. The third kappa shape index (κ3) is 5.10. The van der Waals surface area contributed by atoms with E-state index in [0.29, 0.717) is 31.3 Å². The van der Waals surface area contributed by atoms with Crippen LogP contribution in [-0.4, -0.2) is 85.0 Å². The summed E-state index contributed by atoms with van der Waals surface area (Å²) in [7, 11) is -2.98. The second kappa shape index (κ2) is 9.82. The Morgan fingerprint density at radius 1 is 0.970 bits per heavy atom. The van der Waals surface area contributed by atoms with E-state index < -0.39 is 15.9 Å². The molecular formula is C24H41N3O5S. The van der Waals surface area contributed by atoms with Crippen molar-refractivity contribution in [3.05, 3.63) is 0 Å². The zero-order valence-corrected chi connectivity index (χ0v) is 21.1. The lowest BCUT2D eigenvalue weighted by atomic mass is 9.69. The standard InChI is InChI=1S/C24H41N3O5S/c1-15-14-26(24(29)23-11-7-19(13-25)32-23)22-12-18(6-10-21(22)27(15)16(2)28)17-4-8-20(9-5-17)33(3,30)31/h15,17-23H,4-14,25H2,1-3H3/t15-,17?,18?,19?,20?,21?,22?,23?/m0/s1. The van der Waals surface area contributed by atoms with Crippen molar-refractivity contribution in [3.8, 4) is 0 Å². The van der Waals surface area contributed by atoms with E-state index >= 15 is 0 Å². The van der Waals surface area contributed by atoms with Gasteiger partial charge in [-0.15, -0.1) is 0 Å². The van der Waals surface area contributed by atoms with Crippen molar-refractivity contribution >= 4 is 21.7 Å².